The van der Waals surface area contributed by atoms with Crippen molar-refractivity contribution < 1.29 is 37.6 Å². The molecule has 86 heavy (non-hydrogen) atoms. The van der Waals surface area contributed by atoms with Crippen LogP contribution in [0.15, 0.2) is 206 Å². The van der Waals surface area contributed by atoms with E-state index < -0.39 is 33.8 Å². The highest BCUT2D eigenvalue weighted by Gasteiger charge is 2.29. The quantitative estimate of drug-likeness (QED) is 0.0378. The summed E-state index contributed by atoms with van der Waals surface area (Å²) in [6, 6.07) is 72.6. The van der Waals surface area contributed by atoms with Crippen LogP contribution >= 0.6 is 0 Å². The molecule has 8 aromatic rings. The first-order chi connectivity index (χ1) is 41.9. The van der Waals surface area contributed by atoms with Gasteiger partial charge in [-0.05, 0) is 57.3 Å². The Balaban J connectivity index is 0.908. The molecule has 0 aliphatic carbocycles. The second-order valence-electron chi connectivity index (χ2n) is 22.9. The first-order valence-electron chi connectivity index (χ1n) is 31.0. The van der Waals surface area contributed by atoms with Gasteiger partial charge in [0.2, 0.25) is 0 Å². The number of aliphatic hydroxyl groups is 2. The summed E-state index contributed by atoms with van der Waals surface area (Å²) in [7, 11) is -2.43. The van der Waals surface area contributed by atoms with Crippen molar-refractivity contribution in [3.63, 3.8) is 0 Å². The van der Waals surface area contributed by atoms with Crippen LogP contribution in [0.5, 0.6) is 11.5 Å². The first kappa shape index (κ1) is 65.5. The lowest BCUT2D eigenvalue weighted by Gasteiger charge is -2.28. The van der Waals surface area contributed by atoms with Crippen molar-refractivity contribution in [3.8, 4) is 11.5 Å². The standard InChI is InChI=1S/C76H90O8S2/c1-55(61-29-15-9-16-30-61)67-47-71(57(3)63-33-19-11-20-34-63)75(72(48-67)58(4)64-35-21-12-22-36-64)83-51-69(81-43-41-77)53-85(79)45-27-7-8-28-46-86(80)54-70(82-44-42-78)52-84-76-73(59(5)65-37-23-13-24-38-65)49-68(56(2)62-31-17-10-18-32-62)50-74(76)60(6)66-39-25-14-26-40-66/h9-26,29-40,47-50,55-60,69-70,77-78H,7-8,27-28,41-46,51-54H2,1-6H3. The molecule has 0 saturated heterocycles. The van der Waals surface area contributed by atoms with Gasteiger partial charge in [-0.3, -0.25) is 8.42 Å². The lowest BCUT2D eigenvalue weighted by molar-refractivity contribution is 0.0150. The van der Waals surface area contributed by atoms with E-state index in [0.717, 1.165) is 59.4 Å². The van der Waals surface area contributed by atoms with Gasteiger partial charge in [-0.1, -0.05) is 261 Å². The second-order valence-corrected chi connectivity index (χ2v) is 26.2. The van der Waals surface area contributed by atoms with Gasteiger partial charge >= 0.3 is 0 Å². The Morgan fingerprint density at radius 3 is 0.826 bits per heavy atom. The third-order valence-electron chi connectivity index (χ3n) is 17.0. The van der Waals surface area contributed by atoms with E-state index in [1.807, 2.05) is 24.3 Å². The number of rotatable bonds is 35. The second kappa shape index (κ2) is 34.2. The van der Waals surface area contributed by atoms with Gasteiger partial charge in [0, 0.05) is 90.9 Å². The minimum Gasteiger partial charge on any atom is -0.490 e. The molecule has 0 spiro atoms. The van der Waals surface area contributed by atoms with Crippen molar-refractivity contribution in [2.45, 2.75) is 115 Å². The SMILES string of the molecule is CC(c1ccccc1)c1cc(C(C)c2ccccc2)c(OCC(CS(=O)CCCCCCS(=O)CC(COc2c(C(C)c3ccccc3)cc(C(C)c3ccccc3)cc2C(C)c2ccccc2)OCCO)OCCO)c(C(C)c2ccccc2)c1. The summed E-state index contributed by atoms with van der Waals surface area (Å²) >= 11 is 0. The molecule has 0 aromatic heterocycles. The predicted octanol–water partition coefficient (Wildman–Crippen LogP) is 15.9. The average Bonchev–Trinajstić information content (AvgIpc) is 3.75. The maximum Gasteiger partial charge on any atom is 0.127 e. The molecule has 0 heterocycles. The molecule has 0 aliphatic rings. The number of ether oxygens (including phenoxy) is 4. The molecule has 8 rings (SSSR count). The number of benzene rings is 8. The zero-order chi connectivity index (χ0) is 60.6. The third-order valence-corrected chi connectivity index (χ3v) is 19.9. The van der Waals surface area contributed by atoms with E-state index in [-0.39, 0.29) is 86.7 Å². The maximum atomic E-state index is 13.9. The van der Waals surface area contributed by atoms with E-state index in [1.165, 1.54) is 44.5 Å². The minimum absolute atomic E-state index is 0.00337. The molecule has 0 bridgehead atoms. The van der Waals surface area contributed by atoms with Gasteiger partial charge in [0.25, 0.3) is 0 Å². The van der Waals surface area contributed by atoms with Crippen molar-refractivity contribution in [1.29, 1.82) is 0 Å². The van der Waals surface area contributed by atoms with Crippen molar-refractivity contribution in [2.75, 3.05) is 62.7 Å². The molecule has 10 unspecified atom stereocenters. The molecular formula is C76H90O8S2. The monoisotopic (exact) mass is 1190 g/mol. The van der Waals surface area contributed by atoms with Crippen LogP contribution in [0.1, 0.15) is 169 Å². The van der Waals surface area contributed by atoms with E-state index in [4.69, 9.17) is 18.9 Å². The van der Waals surface area contributed by atoms with E-state index in [2.05, 4.69) is 224 Å². The highest BCUT2D eigenvalue weighted by atomic mass is 32.2. The van der Waals surface area contributed by atoms with Gasteiger partial charge < -0.3 is 29.2 Å². The number of aliphatic hydroxyl groups excluding tert-OH is 2. The maximum absolute atomic E-state index is 13.9. The van der Waals surface area contributed by atoms with E-state index >= 15 is 0 Å². The fraction of sp³-hybridized carbons (Fsp3) is 0.368. The van der Waals surface area contributed by atoms with Gasteiger partial charge in [0.15, 0.2) is 0 Å². The van der Waals surface area contributed by atoms with Crippen LogP contribution in [-0.4, -0.2) is 93.5 Å². The van der Waals surface area contributed by atoms with Crippen molar-refractivity contribution >= 4 is 21.6 Å². The normalized spacial score (nSPS) is 15.1. The molecule has 0 saturated carbocycles. The molecule has 0 radical (unpaired) electrons. The molecule has 8 nitrogen and oxygen atoms in total. The van der Waals surface area contributed by atoms with Crippen LogP contribution in [-0.2, 0) is 31.1 Å². The molecule has 2 N–H and O–H groups in total. The highest BCUT2D eigenvalue weighted by Crippen LogP contribution is 2.45. The third kappa shape index (κ3) is 18.5. The topological polar surface area (TPSA) is 112 Å². The van der Waals surface area contributed by atoms with Crippen LogP contribution in [0.2, 0.25) is 0 Å². The van der Waals surface area contributed by atoms with Crippen molar-refractivity contribution in [3.05, 3.63) is 273 Å². The lowest BCUT2D eigenvalue weighted by Crippen LogP contribution is -2.30. The van der Waals surface area contributed by atoms with Crippen molar-refractivity contribution in [2.24, 2.45) is 0 Å². The summed E-state index contributed by atoms with van der Waals surface area (Å²) in [6.07, 6.45) is 2.15. The summed E-state index contributed by atoms with van der Waals surface area (Å²) in [4.78, 5) is 0. The fourth-order valence-electron chi connectivity index (χ4n) is 11.6. The van der Waals surface area contributed by atoms with Crippen molar-refractivity contribution in [1.82, 2.24) is 0 Å². The molecule has 454 valence electrons. The predicted molar refractivity (Wildman–Crippen MR) is 356 cm³/mol. The minimum atomic E-state index is -1.22. The average molecular weight is 1200 g/mol. The smallest absolute Gasteiger partial charge is 0.127 e. The number of unbranched alkanes of at least 4 members (excludes halogenated alkanes) is 3. The van der Waals surface area contributed by atoms with Crippen LogP contribution in [0.25, 0.3) is 0 Å². The fourth-order valence-corrected chi connectivity index (χ4v) is 14.2. The molecule has 0 amide bonds. The zero-order valence-electron chi connectivity index (χ0n) is 51.3. The summed E-state index contributed by atoms with van der Waals surface area (Å²) in [6.45, 7) is 13.7. The molecule has 0 aliphatic heterocycles. The Morgan fingerprint density at radius 2 is 0.581 bits per heavy atom. The van der Waals surface area contributed by atoms with Crippen LogP contribution in [0.3, 0.4) is 0 Å². The zero-order valence-corrected chi connectivity index (χ0v) is 52.9. The Labute approximate surface area is 518 Å². The Kier molecular flexibility index (Phi) is 26.0. The van der Waals surface area contributed by atoms with Gasteiger partial charge in [-0.2, -0.15) is 0 Å². The number of hydrogen-bond donors (Lipinski definition) is 2. The van der Waals surface area contributed by atoms with Crippen LogP contribution in [0.4, 0.5) is 0 Å². The summed E-state index contributed by atoms with van der Waals surface area (Å²) in [5, 5.41) is 19.8. The lowest BCUT2D eigenvalue weighted by atomic mass is 9.81. The van der Waals surface area contributed by atoms with Gasteiger partial charge in [-0.15, -0.1) is 0 Å². The van der Waals surface area contributed by atoms with Gasteiger partial charge in [0.05, 0.1) is 37.9 Å². The summed E-state index contributed by atoms with van der Waals surface area (Å²) in [5.74, 6) is 3.43. The molecule has 8 aromatic carbocycles. The number of hydrogen-bond acceptors (Lipinski definition) is 8. The van der Waals surface area contributed by atoms with Crippen LogP contribution < -0.4 is 9.47 Å². The molecule has 0 fully saturated rings. The van der Waals surface area contributed by atoms with Gasteiger partial charge in [0.1, 0.15) is 36.9 Å². The van der Waals surface area contributed by atoms with Gasteiger partial charge in [-0.25, -0.2) is 0 Å². The highest BCUT2D eigenvalue weighted by molar-refractivity contribution is 7.85. The summed E-state index contributed by atoms with van der Waals surface area (Å²) < 4.78 is 54.2. The van der Waals surface area contributed by atoms with E-state index in [1.54, 1.807) is 0 Å². The Hall–Kier alpha value is -6.50. The first-order valence-corrected chi connectivity index (χ1v) is 34.0. The summed E-state index contributed by atoms with van der Waals surface area (Å²) in [5.41, 5.74) is 13.9. The Morgan fingerprint density at radius 1 is 0.337 bits per heavy atom. The Bertz CT molecular complexity index is 2940. The van der Waals surface area contributed by atoms with Crippen LogP contribution in [0, 0.1) is 0 Å². The molecule has 10 atom stereocenters. The van der Waals surface area contributed by atoms with E-state index in [9.17, 15) is 18.6 Å². The molecule has 10 heteroatoms. The largest absolute Gasteiger partial charge is 0.490 e. The molecular weight excluding hydrogens is 1100 g/mol. The van der Waals surface area contributed by atoms with E-state index in [0.29, 0.717) is 11.5 Å².